The summed E-state index contributed by atoms with van der Waals surface area (Å²) in [6, 6.07) is 67.3. The van der Waals surface area contributed by atoms with Gasteiger partial charge in [0.1, 0.15) is 22.3 Å². The standard InChI is InChI=1S/C52H31NO2S/c1-2-10-35-30-49-46(29-34(35)9-1)43-28-27-38(31-50(43)56-49)53(36-23-19-32(20-24-36)39-13-7-15-44-41-11-3-5-17-47(41)54-51(39)44)37-25-21-33(22-26-37)40-14-8-16-45-42-12-4-6-18-48(42)55-52(40)45/h1-31H. The van der Waals surface area contributed by atoms with Crippen molar-refractivity contribution >= 4 is 103 Å². The average molecular weight is 734 g/mol. The highest BCUT2D eigenvalue weighted by Crippen LogP contribution is 2.44. The molecule has 0 amide bonds. The second-order valence-electron chi connectivity index (χ2n) is 14.5. The maximum absolute atomic E-state index is 6.42. The Hall–Kier alpha value is -7.14. The number of hydrogen-bond acceptors (Lipinski definition) is 4. The van der Waals surface area contributed by atoms with E-state index in [0.29, 0.717) is 0 Å². The van der Waals surface area contributed by atoms with Crippen molar-refractivity contribution in [1.29, 1.82) is 0 Å². The molecule has 0 spiro atoms. The molecule has 12 aromatic rings. The predicted molar refractivity (Wildman–Crippen MR) is 237 cm³/mol. The molecule has 12 rings (SSSR count). The number of furan rings is 2. The molecule has 3 aromatic heterocycles. The van der Waals surface area contributed by atoms with Crippen molar-refractivity contribution in [3.8, 4) is 22.3 Å². The van der Waals surface area contributed by atoms with Crippen LogP contribution in [0.15, 0.2) is 197 Å². The minimum absolute atomic E-state index is 0.905. The van der Waals surface area contributed by atoms with Crippen molar-refractivity contribution in [3.63, 3.8) is 0 Å². The van der Waals surface area contributed by atoms with Crippen LogP contribution < -0.4 is 4.90 Å². The quantitative estimate of drug-likeness (QED) is 0.176. The molecule has 0 atom stereocenters. The molecule has 0 aliphatic carbocycles. The molecule has 0 fully saturated rings. The highest BCUT2D eigenvalue weighted by Gasteiger charge is 2.18. The Bertz CT molecular complexity index is 3320. The number of nitrogens with zero attached hydrogens (tertiary/aromatic N) is 1. The first kappa shape index (κ1) is 31.2. The number of anilines is 3. The number of rotatable bonds is 5. The van der Waals surface area contributed by atoms with Gasteiger partial charge in [-0.25, -0.2) is 0 Å². The fraction of sp³-hybridized carbons (Fsp3) is 0. The molecule has 0 N–H and O–H groups in total. The topological polar surface area (TPSA) is 29.5 Å². The summed E-state index contributed by atoms with van der Waals surface area (Å²) in [7, 11) is 0. The van der Waals surface area contributed by atoms with Crippen LogP contribution in [0, 0.1) is 0 Å². The van der Waals surface area contributed by atoms with Gasteiger partial charge < -0.3 is 13.7 Å². The van der Waals surface area contributed by atoms with E-state index in [4.69, 9.17) is 8.83 Å². The van der Waals surface area contributed by atoms with Crippen molar-refractivity contribution in [2.24, 2.45) is 0 Å². The van der Waals surface area contributed by atoms with E-state index in [0.717, 1.165) is 83.2 Å². The maximum Gasteiger partial charge on any atom is 0.143 e. The zero-order valence-electron chi connectivity index (χ0n) is 30.1. The predicted octanol–water partition coefficient (Wildman–Crippen LogP) is 15.8. The van der Waals surface area contributed by atoms with Gasteiger partial charge in [-0.05, 0) is 82.6 Å². The van der Waals surface area contributed by atoms with E-state index in [1.54, 1.807) is 0 Å². The molecule has 4 heteroatoms. The molecule has 0 unspecified atom stereocenters. The number of thiophene rings is 1. The first-order valence-corrected chi connectivity index (χ1v) is 19.7. The van der Waals surface area contributed by atoms with Gasteiger partial charge in [0, 0.05) is 69.9 Å². The summed E-state index contributed by atoms with van der Waals surface area (Å²) in [6.07, 6.45) is 0. The Balaban J connectivity index is 0.990. The van der Waals surface area contributed by atoms with Crippen molar-refractivity contribution in [2.45, 2.75) is 0 Å². The minimum atomic E-state index is 0.905. The molecule has 56 heavy (non-hydrogen) atoms. The molecule has 0 aliphatic heterocycles. The zero-order valence-corrected chi connectivity index (χ0v) is 30.9. The molecule has 262 valence electrons. The molecule has 0 saturated carbocycles. The van der Waals surface area contributed by atoms with Gasteiger partial charge in [-0.15, -0.1) is 11.3 Å². The lowest BCUT2D eigenvalue weighted by Crippen LogP contribution is -2.09. The van der Waals surface area contributed by atoms with E-state index in [1.165, 1.54) is 30.9 Å². The van der Waals surface area contributed by atoms with E-state index < -0.39 is 0 Å². The minimum Gasteiger partial charge on any atom is -0.455 e. The van der Waals surface area contributed by atoms with Gasteiger partial charge in [0.2, 0.25) is 0 Å². The Morgan fingerprint density at radius 2 is 0.821 bits per heavy atom. The van der Waals surface area contributed by atoms with Gasteiger partial charge in [0.15, 0.2) is 0 Å². The van der Waals surface area contributed by atoms with Crippen molar-refractivity contribution in [2.75, 3.05) is 4.90 Å². The third-order valence-corrected chi connectivity index (χ3v) is 12.4. The fourth-order valence-corrected chi connectivity index (χ4v) is 9.74. The van der Waals surface area contributed by atoms with Gasteiger partial charge in [-0.2, -0.15) is 0 Å². The number of fused-ring (bicyclic) bond motifs is 10. The van der Waals surface area contributed by atoms with Crippen LogP contribution in [0.5, 0.6) is 0 Å². The second-order valence-corrected chi connectivity index (χ2v) is 15.6. The zero-order chi connectivity index (χ0) is 36.7. The third-order valence-electron chi connectivity index (χ3n) is 11.3. The maximum atomic E-state index is 6.42. The molecule has 9 aromatic carbocycles. The monoisotopic (exact) mass is 733 g/mol. The first-order chi connectivity index (χ1) is 27.7. The normalized spacial score (nSPS) is 11.9. The van der Waals surface area contributed by atoms with E-state index >= 15 is 0 Å². The molecule has 3 heterocycles. The summed E-state index contributed by atoms with van der Waals surface area (Å²) in [6.45, 7) is 0. The summed E-state index contributed by atoms with van der Waals surface area (Å²) >= 11 is 1.86. The van der Waals surface area contributed by atoms with Crippen LogP contribution in [-0.2, 0) is 0 Å². The van der Waals surface area contributed by atoms with Crippen LogP contribution in [0.3, 0.4) is 0 Å². The fourth-order valence-electron chi connectivity index (χ4n) is 8.57. The summed E-state index contributed by atoms with van der Waals surface area (Å²) < 4.78 is 15.4. The molecule has 0 bridgehead atoms. The largest absolute Gasteiger partial charge is 0.455 e. The van der Waals surface area contributed by atoms with Gasteiger partial charge >= 0.3 is 0 Å². The van der Waals surface area contributed by atoms with Gasteiger partial charge in [-0.1, -0.05) is 127 Å². The lowest BCUT2D eigenvalue weighted by molar-refractivity contribution is 0.669. The van der Waals surface area contributed by atoms with E-state index in [1.807, 2.05) is 35.6 Å². The Morgan fingerprint density at radius 3 is 1.41 bits per heavy atom. The molecule has 0 aliphatic rings. The SMILES string of the molecule is c1ccc2cc3c(cc2c1)sc1cc(N(c2ccc(-c4cccc5c4oc4ccccc45)cc2)c2ccc(-c4cccc5c4oc4ccccc45)cc2)ccc13. The Morgan fingerprint density at radius 1 is 0.339 bits per heavy atom. The van der Waals surface area contributed by atoms with Crippen molar-refractivity contribution < 1.29 is 8.83 Å². The number of hydrogen-bond donors (Lipinski definition) is 0. The highest BCUT2D eigenvalue weighted by molar-refractivity contribution is 7.25. The van der Waals surface area contributed by atoms with Gasteiger partial charge in [0.25, 0.3) is 0 Å². The van der Waals surface area contributed by atoms with Crippen molar-refractivity contribution in [1.82, 2.24) is 0 Å². The number of para-hydroxylation sites is 4. The van der Waals surface area contributed by atoms with Crippen LogP contribution in [0.1, 0.15) is 0 Å². The average Bonchev–Trinajstić information content (AvgIpc) is 3.94. The van der Waals surface area contributed by atoms with E-state index in [2.05, 4.69) is 169 Å². The number of benzene rings is 9. The summed E-state index contributed by atoms with van der Waals surface area (Å²) in [5, 5.41) is 9.65. The molecular weight excluding hydrogens is 703 g/mol. The lowest BCUT2D eigenvalue weighted by atomic mass is 10.0. The molecular formula is C52H31NO2S. The van der Waals surface area contributed by atoms with Crippen LogP contribution in [0.25, 0.3) is 97.1 Å². The summed E-state index contributed by atoms with van der Waals surface area (Å²) in [5.74, 6) is 0. The van der Waals surface area contributed by atoms with Crippen molar-refractivity contribution in [3.05, 3.63) is 188 Å². The molecule has 3 nitrogen and oxygen atoms in total. The van der Waals surface area contributed by atoms with E-state index in [-0.39, 0.29) is 0 Å². The Labute approximate surface area is 325 Å². The summed E-state index contributed by atoms with van der Waals surface area (Å²) in [5.41, 5.74) is 11.3. The molecule has 0 radical (unpaired) electrons. The first-order valence-electron chi connectivity index (χ1n) is 18.9. The second kappa shape index (κ2) is 12.2. The highest BCUT2D eigenvalue weighted by atomic mass is 32.1. The smallest absolute Gasteiger partial charge is 0.143 e. The van der Waals surface area contributed by atoms with Crippen LogP contribution >= 0.6 is 11.3 Å². The third kappa shape index (κ3) is 4.83. The van der Waals surface area contributed by atoms with Gasteiger partial charge in [0.05, 0.1) is 0 Å². The Kier molecular flexibility index (Phi) is 6.80. The van der Waals surface area contributed by atoms with E-state index in [9.17, 15) is 0 Å². The lowest BCUT2D eigenvalue weighted by Gasteiger charge is -2.26. The van der Waals surface area contributed by atoms with Crippen LogP contribution in [-0.4, -0.2) is 0 Å². The molecule has 0 saturated heterocycles. The van der Waals surface area contributed by atoms with Crippen LogP contribution in [0.2, 0.25) is 0 Å². The van der Waals surface area contributed by atoms with Gasteiger partial charge in [-0.3, -0.25) is 0 Å². The van der Waals surface area contributed by atoms with Crippen LogP contribution in [0.4, 0.5) is 17.1 Å². The summed E-state index contributed by atoms with van der Waals surface area (Å²) in [4.78, 5) is 2.36.